The number of carbonyl (C=O) groups is 3. The molecule has 0 fully saturated rings. The number of carbonyl (C=O) groups excluding carboxylic acids is 3. The van der Waals surface area contributed by atoms with Crippen LogP contribution in [0.25, 0.3) is 0 Å². The summed E-state index contributed by atoms with van der Waals surface area (Å²) in [6.07, 6.45) is 0. The number of anilines is 1. The first-order valence-electron chi connectivity index (χ1n) is 9.71. The number of rotatable bonds is 6. The number of nitrogens with zero attached hydrogens (tertiary/aromatic N) is 2. The van der Waals surface area contributed by atoms with Gasteiger partial charge in [-0.3, -0.25) is 29.7 Å². The van der Waals surface area contributed by atoms with E-state index in [1.165, 1.54) is 12.0 Å². The summed E-state index contributed by atoms with van der Waals surface area (Å²) >= 11 is 0. The summed E-state index contributed by atoms with van der Waals surface area (Å²) in [5.74, 6) is -0.657. The predicted molar refractivity (Wildman–Crippen MR) is 116 cm³/mol. The van der Waals surface area contributed by atoms with Crippen LogP contribution in [0, 0.1) is 0 Å². The lowest BCUT2D eigenvalue weighted by molar-refractivity contribution is 0.0642. The van der Waals surface area contributed by atoms with Gasteiger partial charge in [-0.15, -0.1) is 0 Å². The third kappa shape index (κ3) is 3.85. The Balaban J connectivity index is 1.56. The van der Waals surface area contributed by atoms with Crippen molar-refractivity contribution in [3.8, 4) is 5.75 Å². The fourth-order valence-corrected chi connectivity index (χ4v) is 3.52. The first-order chi connectivity index (χ1) is 15.0. The molecule has 3 aromatic carbocycles. The van der Waals surface area contributed by atoms with E-state index in [9.17, 15) is 14.4 Å². The molecule has 1 N–H and O–H groups in total. The minimum Gasteiger partial charge on any atom is -0.496 e. The zero-order valence-corrected chi connectivity index (χ0v) is 17.2. The highest BCUT2D eigenvalue weighted by Crippen LogP contribution is 2.26. The molecular weight excluding hydrogens is 394 g/mol. The molecule has 0 saturated heterocycles. The molecule has 7 nitrogen and oxygen atoms in total. The lowest BCUT2D eigenvalue weighted by Crippen LogP contribution is -2.39. The van der Waals surface area contributed by atoms with Crippen LogP contribution in [-0.4, -0.2) is 36.8 Å². The average Bonchev–Trinajstić information content (AvgIpc) is 3.04. The van der Waals surface area contributed by atoms with E-state index in [0.29, 0.717) is 28.0 Å². The SMILES string of the molecule is COc1ccc(CN2C(=O)c3ccccc3C2=O)cc1C(=O)NN(C)c1ccccc1. The van der Waals surface area contributed by atoms with E-state index in [0.717, 1.165) is 5.69 Å². The normalized spacial score (nSPS) is 12.5. The molecule has 0 unspecified atom stereocenters. The monoisotopic (exact) mass is 415 g/mol. The molecule has 0 aliphatic carbocycles. The van der Waals surface area contributed by atoms with Gasteiger partial charge in [-0.1, -0.05) is 36.4 Å². The number of methoxy groups -OCH3 is 1. The Kier molecular flexibility index (Phi) is 5.41. The number of amides is 3. The summed E-state index contributed by atoms with van der Waals surface area (Å²) in [5.41, 5.74) is 5.35. The van der Waals surface area contributed by atoms with Gasteiger partial charge in [-0.05, 0) is 42.0 Å². The molecule has 0 spiro atoms. The van der Waals surface area contributed by atoms with Crippen LogP contribution in [-0.2, 0) is 6.54 Å². The number of hydrazine groups is 1. The molecule has 4 rings (SSSR count). The van der Waals surface area contributed by atoms with Gasteiger partial charge >= 0.3 is 0 Å². The summed E-state index contributed by atoms with van der Waals surface area (Å²) in [4.78, 5) is 39.4. The molecule has 1 aliphatic heterocycles. The summed E-state index contributed by atoms with van der Waals surface area (Å²) < 4.78 is 5.34. The Bertz CT molecular complexity index is 1130. The Morgan fingerprint density at radius 3 is 2.16 bits per heavy atom. The molecule has 0 atom stereocenters. The second-order valence-corrected chi connectivity index (χ2v) is 7.11. The number of nitrogens with one attached hydrogen (secondary N) is 1. The zero-order valence-electron chi connectivity index (χ0n) is 17.2. The highest BCUT2D eigenvalue weighted by atomic mass is 16.5. The van der Waals surface area contributed by atoms with Gasteiger partial charge in [0.2, 0.25) is 0 Å². The number of ether oxygens (including phenoxy) is 1. The maximum Gasteiger partial charge on any atom is 0.273 e. The predicted octanol–water partition coefficient (Wildman–Crippen LogP) is 3.27. The molecule has 3 amide bonds. The lowest BCUT2D eigenvalue weighted by atomic mass is 10.1. The highest BCUT2D eigenvalue weighted by molar-refractivity contribution is 6.21. The molecule has 0 aromatic heterocycles. The number of hydrogen-bond acceptors (Lipinski definition) is 5. The maximum atomic E-state index is 12.9. The van der Waals surface area contributed by atoms with Crippen molar-refractivity contribution < 1.29 is 19.1 Å². The summed E-state index contributed by atoms with van der Waals surface area (Å²) in [7, 11) is 3.22. The molecule has 31 heavy (non-hydrogen) atoms. The first kappa shape index (κ1) is 20.2. The van der Waals surface area contributed by atoms with Crippen molar-refractivity contribution in [1.29, 1.82) is 0 Å². The largest absolute Gasteiger partial charge is 0.496 e. The molecule has 156 valence electrons. The Labute approximate surface area is 179 Å². The molecule has 3 aromatic rings. The van der Waals surface area contributed by atoms with Crippen molar-refractivity contribution >= 4 is 23.4 Å². The van der Waals surface area contributed by atoms with Crippen LogP contribution in [0.1, 0.15) is 36.6 Å². The van der Waals surface area contributed by atoms with Gasteiger partial charge in [0.25, 0.3) is 17.7 Å². The topological polar surface area (TPSA) is 78.9 Å². The molecule has 7 heteroatoms. The van der Waals surface area contributed by atoms with Gasteiger partial charge in [0, 0.05) is 7.05 Å². The van der Waals surface area contributed by atoms with E-state index >= 15 is 0 Å². The third-order valence-electron chi connectivity index (χ3n) is 5.14. The van der Waals surface area contributed by atoms with Crippen molar-refractivity contribution in [2.45, 2.75) is 6.54 Å². The van der Waals surface area contributed by atoms with Crippen molar-refractivity contribution in [1.82, 2.24) is 10.3 Å². The van der Waals surface area contributed by atoms with Gasteiger partial charge in [-0.25, -0.2) is 0 Å². The maximum absolute atomic E-state index is 12.9. The van der Waals surface area contributed by atoms with Crippen molar-refractivity contribution in [2.75, 3.05) is 19.2 Å². The number of benzene rings is 3. The number of fused-ring (bicyclic) bond motifs is 1. The molecule has 1 heterocycles. The number of para-hydroxylation sites is 1. The second-order valence-electron chi connectivity index (χ2n) is 7.11. The third-order valence-corrected chi connectivity index (χ3v) is 5.14. The van der Waals surface area contributed by atoms with Crippen LogP contribution in [0.2, 0.25) is 0 Å². The smallest absolute Gasteiger partial charge is 0.273 e. The number of imide groups is 1. The van der Waals surface area contributed by atoms with E-state index in [-0.39, 0.29) is 24.3 Å². The van der Waals surface area contributed by atoms with Crippen LogP contribution in [0.15, 0.2) is 72.8 Å². The van der Waals surface area contributed by atoms with Crippen molar-refractivity contribution in [2.24, 2.45) is 0 Å². The van der Waals surface area contributed by atoms with E-state index in [1.54, 1.807) is 54.5 Å². The second kappa shape index (κ2) is 8.31. The Morgan fingerprint density at radius 1 is 0.935 bits per heavy atom. The van der Waals surface area contributed by atoms with Crippen LogP contribution in [0.5, 0.6) is 5.75 Å². The van der Waals surface area contributed by atoms with Crippen LogP contribution >= 0.6 is 0 Å². The van der Waals surface area contributed by atoms with E-state index in [4.69, 9.17) is 4.74 Å². The van der Waals surface area contributed by atoms with Crippen molar-refractivity contribution in [3.63, 3.8) is 0 Å². The van der Waals surface area contributed by atoms with Crippen LogP contribution in [0.4, 0.5) is 5.69 Å². The van der Waals surface area contributed by atoms with Gasteiger partial charge in [0.1, 0.15) is 5.75 Å². The fourth-order valence-electron chi connectivity index (χ4n) is 3.52. The summed E-state index contributed by atoms with van der Waals surface area (Å²) in [5, 5.41) is 1.61. The van der Waals surface area contributed by atoms with Crippen LogP contribution in [0.3, 0.4) is 0 Å². The summed E-state index contributed by atoms with van der Waals surface area (Å²) in [6.45, 7) is 0.0607. The van der Waals surface area contributed by atoms with E-state index < -0.39 is 0 Å². The van der Waals surface area contributed by atoms with Crippen LogP contribution < -0.4 is 15.2 Å². The average molecular weight is 415 g/mol. The van der Waals surface area contributed by atoms with Gasteiger partial charge < -0.3 is 4.74 Å². The van der Waals surface area contributed by atoms with E-state index in [1.807, 2.05) is 30.3 Å². The first-order valence-corrected chi connectivity index (χ1v) is 9.71. The quantitative estimate of drug-likeness (QED) is 0.494. The highest BCUT2D eigenvalue weighted by Gasteiger charge is 2.35. The molecule has 0 saturated carbocycles. The van der Waals surface area contributed by atoms with Crippen molar-refractivity contribution in [3.05, 3.63) is 95.1 Å². The zero-order chi connectivity index (χ0) is 22.0. The van der Waals surface area contributed by atoms with Gasteiger partial charge in [-0.2, -0.15) is 0 Å². The Hall–Kier alpha value is -4.13. The van der Waals surface area contributed by atoms with Gasteiger partial charge in [0.15, 0.2) is 0 Å². The minimum absolute atomic E-state index is 0.0607. The van der Waals surface area contributed by atoms with Gasteiger partial charge in [0.05, 0.1) is 36.0 Å². The Morgan fingerprint density at radius 2 is 1.55 bits per heavy atom. The molecule has 1 aliphatic rings. The number of hydrogen-bond donors (Lipinski definition) is 1. The lowest BCUT2D eigenvalue weighted by Gasteiger charge is -2.21. The molecule has 0 bridgehead atoms. The summed E-state index contributed by atoms with van der Waals surface area (Å²) in [6, 6.07) is 21.2. The standard InChI is InChI=1S/C24H21N3O4/c1-26(17-8-4-3-5-9-17)25-22(28)20-14-16(12-13-21(20)31-2)15-27-23(29)18-10-6-7-11-19(18)24(27)30/h3-14H,15H2,1-2H3,(H,25,28). The molecular formula is C24H21N3O4. The minimum atomic E-state index is -0.368. The molecule has 0 radical (unpaired) electrons. The fraction of sp³-hybridized carbons (Fsp3) is 0.125. The van der Waals surface area contributed by atoms with E-state index in [2.05, 4.69) is 5.43 Å².